The number of benzene rings is 1. The van der Waals surface area contributed by atoms with Gasteiger partial charge >= 0.3 is 0 Å². The molecule has 7 heteroatoms. The van der Waals surface area contributed by atoms with Crippen LogP contribution < -0.4 is 4.90 Å². The Bertz CT molecular complexity index is 668. The molecule has 2 aliphatic rings. The van der Waals surface area contributed by atoms with Gasteiger partial charge in [0.2, 0.25) is 5.91 Å². The zero-order valence-electron chi connectivity index (χ0n) is 14.4. The second-order valence-corrected chi connectivity index (χ2v) is 6.53. The molecule has 2 heterocycles. The van der Waals surface area contributed by atoms with Gasteiger partial charge in [-0.05, 0) is 19.1 Å². The van der Waals surface area contributed by atoms with Gasteiger partial charge in [0.15, 0.2) is 0 Å². The maximum Gasteiger partial charge on any atom is 0.236 e. The average Bonchev–Trinajstić information content (AvgIpc) is 2.62. The molecule has 0 unspecified atom stereocenters. The molecule has 2 saturated heterocycles. The Morgan fingerprint density at radius 3 is 2.76 bits per heavy atom. The van der Waals surface area contributed by atoms with Gasteiger partial charge in [0.25, 0.3) is 0 Å². The summed E-state index contributed by atoms with van der Waals surface area (Å²) in [6.07, 6.45) is 0.0897. The number of nitrogens with zero attached hydrogens (tertiary/aromatic N) is 4. The predicted molar refractivity (Wildman–Crippen MR) is 91.8 cm³/mol. The molecule has 1 aromatic rings. The number of piperazine rings is 1. The van der Waals surface area contributed by atoms with E-state index < -0.39 is 5.82 Å². The molecule has 1 amide bonds. The van der Waals surface area contributed by atoms with Gasteiger partial charge in [-0.2, -0.15) is 5.26 Å². The minimum absolute atomic E-state index is 0.0897. The van der Waals surface area contributed by atoms with Crippen LogP contribution in [0.25, 0.3) is 0 Å². The maximum atomic E-state index is 13.8. The number of anilines is 1. The SMILES string of the molecule is C[C@@H]1CN(C(=O)CN2CCN(c3cccc(F)c3C#N)CC2)CCO1. The van der Waals surface area contributed by atoms with Crippen LogP contribution in [-0.4, -0.2) is 74.2 Å². The Morgan fingerprint density at radius 2 is 2.08 bits per heavy atom. The zero-order chi connectivity index (χ0) is 17.8. The van der Waals surface area contributed by atoms with E-state index in [2.05, 4.69) is 4.90 Å². The highest BCUT2D eigenvalue weighted by atomic mass is 19.1. The first-order valence-electron chi connectivity index (χ1n) is 8.64. The molecule has 2 fully saturated rings. The van der Waals surface area contributed by atoms with Crippen LogP contribution in [0, 0.1) is 17.1 Å². The van der Waals surface area contributed by atoms with Crippen molar-refractivity contribution in [2.24, 2.45) is 0 Å². The van der Waals surface area contributed by atoms with E-state index in [0.717, 1.165) is 0 Å². The fourth-order valence-corrected chi connectivity index (χ4v) is 3.37. The van der Waals surface area contributed by atoms with Crippen molar-refractivity contribution in [3.05, 3.63) is 29.6 Å². The van der Waals surface area contributed by atoms with Gasteiger partial charge < -0.3 is 14.5 Å². The van der Waals surface area contributed by atoms with E-state index >= 15 is 0 Å². The smallest absolute Gasteiger partial charge is 0.236 e. The first kappa shape index (κ1) is 17.6. The molecule has 25 heavy (non-hydrogen) atoms. The van der Waals surface area contributed by atoms with Gasteiger partial charge in [0, 0.05) is 39.3 Å². The standard InChI is InChI=1S/C18H23FN4O2/c1-14-12-23(9-10-25-14)18(24)13-21-5-7-22(8-6-21)17-4-2-3-16(19)15(17)11-20/h2-4,14H,5-10,12-13H2,1H3/t14-/m1/s1. The summed E-state index contributed by atoms with van der Waals surface area (Å²) in [5.41, 5.74) is 0.727. The third kappa shape index (κ3) is 4.09. The topological polar surface area (TPSA) is 59.8 Å². The Hall–Kier alpha value is -2.17. The summed E-state index contributed by atoms with van der Waals surface area (Å²) in [6, 6.07) is 6.66. The third-order valence-electron chi connectivity index (χ3n) is 4.77. The van der Waals surface area contributed by atoms with Gasteiger partial charge in [-0.1, -0.05) is 6.07 Å². The van der Waals surface area contributed by atoms with E-state index in [0.29, 0.717) is 58.1 Å². The van der Waals surface area contributed by atoms with Crippen LogP contribution in [0.3, 0.4) is 0 Å². The molecular weight excluding hydrogens is 323 g/mol. The number of hydrogen-bond acceptors (Lipinski definition) is 5. The van der Waals surface area contributed by atoms with Crippen LogP contribution in [0.1, 0.15) is 12.5 Å². The summed E-state index contributed by atoms with van der Waals surface area (Å²) in [5, 5.41) is 9.18. The predicted octanol–water partition coefficient (Wildman–Crippen LogP) is 1.07. The lowest BCUT2D eigenvalue weighted by atomic mass is 10.1. The summed E-state index contributed by atoms with van der Waals surface area (Å²) in [5.74, 6) is -0.355. The number of carbonyl (C=O) groups excluding carboxylic acids is 1. The molecule has 0 bridgehead atoms. The number of halogens is 1. The van der Waals surface area contributed by atoms with Crippen LogP contribution in [0.4, 0.5) is 10.1 Å². The largest absolute Gasteiger partial charge is 0.375 e. The molecule has 6 nitrogen and oxygen atoms in total. The fourth-order valence-electron chi connectivity index (χ4n) is 3.37. The van der Waals surface area contributed by atoms with Crippen LogP contribution in [0.2, 0.25) is 0 Å². The Morgan fingerprint density at radius 1 is 1.32 bits per heavy atom. The first-order chi connectivity index (χ1) is 12.1. The normalized spacial score (nSPS) is 21.9. The van der Waals surface area contributed by atoms with Crippen molar-refractivity contribution in [3.8, 4) is 6.07 Å². The number of carbonyl (C=O) groups is 1. The lowest BCUT2D eigenvalue weighted by Gasteiger charge is -2.38. The molecule has 0 aromatic heterocycles. The molecule has 0 N–H and O–H groups in total. The summed E-state index contributed by atoms with van der Waals surface area (Å²) < 4.78 is 19.2. The van der Waals surface area contributed by atoms with Gasteiger partial charge in [0.1, 0.15) is 17.4 Å². The monoisotopic (exact) mass is 346 g/mol. The Kier molecular flexibility index (Phi) is 5.51. The van der Waals surface area contributed by atoms with Gasteiger partial charge in [-0.25, -0.2) is 4.39 Å². The molecule has 1 atom stereocenters. The van der Waals surface area contributed by atoms with E-state index in [4.69, 9.17) is 4.74 Å². The molecule has 0 aliphatic carbocycles. The lowest BCUT2D eigenvalue weighted by Crippen LogP contribution is -2.52. The Labute approximate surface area is 147 Å². The summed E-state index contributed by atoms with van der Waals surface area (Å²) in [7, 11) is 0. The fraction of sp³-hybridized carbons (Fsp3) is 0.556. The van der Waals surface area contributed by atoms with E-state index in [1.54, 1.807) is 12.1 Å². The minimum atomic E-state index is -0.487. The van der Waals surface area contributed by atoms with Gasteiger partial charge in [0.05, 0.1) is 24.9 Å². The van der Waals surface area contributed by atoms with Gasteiger partial charge in [-0.3, -0.25) is 9.69 Å². The summed E-state index contributed by atoms with van der Waals surface area (Å²) >= 11 is 0. The van der Waals surface area contributed by atoms with Crippen molar-refractivity contribution in [1.82, 2.24) is 9.80 Å². The lowest BCUT2D eigenvalue weighted by molar-refractivity contribution is -0.139. The molecule has 134 valence electrons. The van der Waals surface area contributed by atoms with Crippen LogP contribution in [0.15, 0.2) is 18.2 Å². The summed E-state index contributed by atoms with van der Waals surface area (Å²) in [4.78, 5) is 18.4. The minimum Gasteiger partial charge on any atom is -0.375 e. The molecule has 1 aromatic carbocycles. The number of rotatable bonds is 3. The Balaban J connectivity index is 1.55. The molecule has 3 rings (SSSR count). The van der Waals surface area contributed by atoms with Crippen molar-refractivity contribution in [3.63, 3.8) is 0 Å². The van der Waals surface area contributed by atoms with E-state index in [-0.39, 0.29) is 17.6 Å². The third-order valence-corrected chi connectivity index (χ3v) is 4.77. The van der Waals surface area contributed by atoms with Crippen molar-refractivity contribution in [2.45, 2.75) is 13.0 Å². The van der Waals surface area contributed by atoms with E-state index in [1.165, 1.54) is 6.07 Å². The van der Waals surface area contributed by atoms with Crippen molar-refractivity contribution in [2.75, 3.05) is 57.3 Å². The first-order valence-corrected chi connectivity index (χ1v) is 8.64. The number of ether oxygens (including phenoxy) is 1. The van der Waals surface area contributed by atoms with E-state index in [1.807, 2.05) is 22.8 Å². The maximum absolute atomic E-state index is 13.8. The zero-order valence-corrected chi connectivity index (χ0v) is 14.4. The summed E-state index contributed by atoms with van der Waals surface area (Å²) in [6.45, 7) is 7.04. The highest BCUT2D eigenvalue weighted by Gasteiger charge is 2.26. The molecule has 2 aliphatic heterocycles. The molecule has 0 saturated carbocycles. The highest BCUT2D eigenvalue weighted by Crippen LogP contribution is 2.23. The molecular formula is C18H23FN4O2. The number of hydrogen-bond donors (Lipinski definition) is 0. The van der Waals surface area contributed by atoms with Crippen molar-refractivity contribution in [1.29, 1.82) is 5.26 Å². The van der Waals surface area contributed by atoms with Crippen molar-refractivity contribution >= 4 is 11.6 Å². The van der Waals surface area contributed by atoms with Crippen LogP contribution >= 0.6 is 0 Å². The number of amides is 1. The number of nitriles is 1. The molecule has 0 radical (unpaired) electrons. The average molecular weight is 346 g/mol. The van der Waals surface area contributed by atoms with Crippen LogP contribution in [-0.2, 0) is 9.53 Å². The molecule has 0 spiro atoms. The number of morpholine rings is 1. The van der Waals surface area contributed by atoms with Gasteiger partial charge in [-0.15, -0.1) is 0 Å². The van der Waals surface area contributed by atoms with Crippen LogP contribution in [0.5, 0.6) is 0 Å². The van der Waals surface area contributed by atoms with E-state index in [9.17, 15) is 14.4 Å². The van der Waals surface area contributed by atoms with Crippen molar-refractivity contribution < 1.29 is 13.9 Å². The highest BCUT2D eigenvalue weighted by molar-refractivity contribution is 5.78. The second-order valence-electron chi connectivity index (χ2n) is 6.53. The quantitative estimate of drug-likeness (QED) is 0.819. The second kappa shape index (κ2) is 7.81.